The molecule has 6 nitrogen and oxygen atoms in total. The van der Waals surface area contributed by atoms with Crippen molar-refractivity contribution in [3.8, 4) is 0 Å². The average molecular weight is 400 g/mol. The van der Waals surface area contributed by atoms with E-state index < -0.39 is 5.69 Å². The first-order chi connectivity index (χ1) is 13.5. The summed E-state index contributed by atoms with van der Waals surface area (Å²) in [6.07, 6.45) is 2.73. The molecule has 0 saturated heterocycles. The van der Waals surface area contributed by atoms with Gasteiger partial charge in [-0.15, -0.1) is 0 Å². The number of amides is 1. The minimum atomic E-state index is -0.454. The van der Waals surface area contributed by atoms with Crippen LogP contribution in [-0.2, 0) is 13.1 Å². The van der Waals surface area contributed by atoms with Crippen molar-refractivity contribution in [2.24, 2.45) is 0 Å². The molecule has 28 heavy (non-hydrogen) atoms. The first-order valence-electron chi connectivity index (χ1n) is 9.29. The molecule has 0 aliphatic heterocycles. The summed E-state index contributed by atoms with van der Waals surface area (Å²) in [7, 11) is 0. The van der Waals surface area contributed by atoms with E-state index in [2.05, 4.69) is 17.2 Å². The number of fused-ring (bicyclic) bond motifs is 1. The molecule has 2 aromatic carbocycles. The lowest BCUT2D eigenvalue weighted by molar-refractivity contribution is 0.0951. The van der Waals surface area contributed by atoms with Gasteiger partial charge in [0.25, 0.3) is 11.5 Å². The maximum atomic E-state index is 12.6. The van der Waals surface area contributed by atoms with Crippen molar-refractivity contribution in [1.29, 1.82) is 0 Å². The quantitative estimate of drug-likeness (QED) is 0.597. The minimum Gasteiger partial charge on any atom is -0.348 e. The second-order valence-corrected chi connectivity index (χ2v) is 7.10. The molecule has 1 amide bonds. The molecule has 0 spiro atoms. The van der Waals surface area contributed by atoms with Crippen LogP contribution in [0.3, 0.4) is 0 Å². The number of aromatic nitrogens is 2. The summed E-state index contributed by atoms with van der Waals surface area (Å²) in [6, 6.07) is 11.9. The van der Waals surface area contributed by atoms with Crippen LogP contribution in [0, 0.1) is 0 Å². The number of benzene rings is 2. The third-order valence-corrected chi connectivity index (χ3v) is 4.81. The standard InChI is InChI=1S/C21H22ClN3O3/c1-2-3-4-10-25-20(27)17-9-8-15(12-18(17)24-21(25)28)19(26)23-13-14-6-5-7-16(22)11-14/h5-9,11-12H,2-4,10,13H2,1H3,(H,23,26)(H,24,28). The molecule has 0 fully saturated rings. The van der Waals surface area contributed by atoms with Crippen LogP contribution in [0.2, 0.25) is 5.02 Å². The van der Waals surface area contributed by atoms with Gasteiger partial charge in [-0.2, -0.15) is 0 Å². The monoisotopic (exact) mass is 399 g/mol. The highest BCUT2D eigenvalue weighted by Crippen LogP contribution is 2.12. The van der Waals surface area contributed by atoms with E-state index in [1.807, 2.05) is 12.1 Å². The van der Waals surface area contributed by atoms with Crippen LogP contribution < -0.4 is 16.6 Å². The zero-order chi connectivity index (χ0) is 20.1. The zero-order valence-electron chi connectivity index (χ0n) is 15.6. The molecule has 0 unspecified atom stereocenters. The Morgan fingerprint density at radius 1 is 1.14 bits per heavy atom. The number of hydrogen-bond donors (Lipinski definition) is 2. The van der Waals surface area contributed by atoms with Crippen molar-refractivity contribution in [2.45, 2.75) is 39.3 Å². The van der Waals surface area contributed by atoms with Gasteiger partial charge in [0, 0.05) is 23.7 Å². The predicted octanol–water partition coefficient (Wildman–Crippen LogP) is 3.46. The summed E-state index contributed by atoms with van der Waals surface area (Å²) >= 11 is 5.95. The van der Waals surface area contributed by atoms with Gasteiger partial charge >= 0.3 is 5.69 Å². The van der Waals surface area contributed by atoms with E-state index >= 15 is 0 Å². The third-order valence-electron chi connectivity index (χ3n) is 4.57. The first kappa shape index (κ1) is 19.9. The van der Waals surface area contributed by atoms with Crippen molar-refractivity contribution in [3.05, 3.63) is 79.5 Å². The third kappa shape index (κ3) is 4.51. The molecule has 146 valence electrons. The Balaban J connectivity index is 1.81. The lowest BCUT2D eigenvalue weighted by Gasteiger charge is -2.09. The number of halogens is 1. The van der Waals surface area contributed by atoms with Gasteiger partial charge in [0.05, 0.1) is 10.9 Å². The van der Waals surface area contributed by atoms with Crippen molar-refractivity contribution >= 4 is 28.4 Å². The molecule has 0 aliphatic carbocycles. The number of hydrogen-bond acceptors (Lipinski definition) is 3. The molecule has 7 heteroatoms. The molecule has 0 atom stereocenters. The van der Waals surface area contributed by atoms with Crippen LogP contribution in [0.15, 0.2) is 52.1 Å². The molecule has 3 rings (SSSR count). The number of carbonyl (C=O) groups excluding carboxylic acids is 1. The minimum absolute atomic E-state index is 0.296. The van der Waals surface area contributed by atoms with Gasteiger partial charge in [0.2, 0.25) is 0 Å². The predicted molar refractivity (Wildman–Crippen MR) is 111 cm³/mol. The Labute approximate surface area is 167 Å². The molecular weight excluding hydrogens is 378 g/mol. The Morgan fingerprint density at radius 3 is 2.71 bits per heavy atom. The number of rotatable bonds is 7. The average Bonchev–Trinajstić information content (AvgIpc) is 2.68. The second-order valence-electron chi connectivity index (χ2n) is 6.67. The fourth-order valence-corrected chi connectivity index (χ4v) is 3.26. The molecular formula is C21H22ClN3O3. The van der Waals surface area contributed by atoms with E-state index in [0.29, 0.717) is 34.6 Å². The number of carbonyl (C=O) groups is 1. The molecule has 0 saturated carbocycles. The largest absolute Gasteiger partial charge is 0.348 e. The van der Waals surface area contributed by atoms with Crippen LogP contribution >= 0.6 is 11.6 Å². The maximum Gasteiger partial charge on any atom is 0.328 e. The SMILES string of the molecule is CCCCCn1c(=O)[nH]c2cc(C(=O)NCc3cccc(Cl)c3)ccc2c1=O. The van der Waals surface area contributed by atoms with E-state index in [1.165, 1.54) is 10.6 Å². The van der Waals surface area contributed by atoms with Crippen molar-refractivity contribution in [3.63, 3.8) is 0 Å². The Kier molecular flexibility index (Phi) is 6.31. The van der Waals surface area contributed by atoms with E-state index in [4.69, 9.17) is 11.6 Å². The molecule has 2 N–H and O–H groups in total. The van der Waals surface area contributed by atoms with Crippen LogP contribution in [0.25, 0.3) is 10.9 Å². The Bertz CT molecular complexity index is 1120. The summed E-state index contributed by atoms with van der Waals surface area (Å²) in [5.74, 6) is -0.296. The summed E-state index contributed by atoms with van der Waals surface area (Å²) < 4.78 is 1.22. The van der Waals surface area contributed by atoms with Gasteiger partial charge in [-0.05, 0) is 42.3 Å². The van der Waals surface area contributed by atoms with Gasteiger partial charge in [0.15, 0.2) is 0 Å². The van der Waals surface area contributed by atoms with E-state index in [0.717, 1.165) is 24.8 Å². The lowest BCUT2D eigenvalue weighted by Crippen LogP contribution is -2.35. The number of H-pyrrole nitrogens is 1. The van der Waals surface area contributed by atoms with Crippen molar-refractivity contribution in [2.75, 3.05) is 0 Å². The first-order valence-corrected chi connectivity index (χ1v) is 9.67. The molecule has 3 aromatic rings. The fourth-order valence-electron chi connectivity index (χ4n) is 3.05. The highest BCUT2D eigenvalue weighted by molar-refractivity contribution is 6.30. The van der Waals surface area contributed by atoms with Gasteiger partial charge in [0.1, 0.15) is 0 Å². The highest BCUT2D eigenvalue weighted by atomic mass is 35.5. The number of aromatic amines is 1. The fraction of sp³-hybridized carbons (Fsp3) is 0.286. The van der Waals surface area contributed by atoms with Gasteiger partial charge in [-0.1, -0.05) is 43.5 Å². The molecule has 0 radical (unpaired) electrons. The van der Waals surface area contributed by atoms with Crippen LogP contribution in [0.5, 0.6) is 0 Å². The molecule has 0 bridgehead atoms. The molecule has 1 heterocycles. The lowest BCUT2D eigenvalue weighted by atomic mass is 10.1. The maximum absolute atomic E-state index is 12.6. The second kappa shape index (κ2) is 8.89. The van der Waals surface area contributed by atoms with Gasteiger partial charge < -0.3 is 10.3 Å². The van der Waals surface area contributed by atoms with E-state index in [1.54, 1.807) is 24.3 Å². The smallest absolute Gasteiger partial charge is 0.328 e. The highest BCUT2D eigenvalue weighted by Gasteiger charge is 2.11. The molecule has 1 aromatic heterocycles. The number of unbranched alkanes of at least 4 members (excludes halogenated alkanes) is 2. The Morgan fingerprint density at radius 2 is 1.96 bits per heavy atom. The van der Waals surface area contributed by atoms with Crippen LogP contribution in [0.1, 0.15) is 42.1 Å². The van der Waals surface area contributed by atoms with E-state index in [-0.39, 0.29) is 11.5 Å². The van der Waals surface area contributed by atoms with Gasteiger partial charge in [-0.25, -0.2) is 4.79 Å². The van der Waals surface area contributed by atoms with Crippen molar-refractivity contribution in [1.82, 2.24) is 14.9 Å². The normalized spacial score (nSPS) is 10.9. The Hall–Kier alpha value is -2.86. The molecule has 0 aliphatic rings. The number of nitrogens with one attached hydrogen (secondary N) is 2. The van der Waals surface area contributed by atoms with Crippen LogP contribution in [0.4, 0.5) is 0 Å². The van der Waals surface area contributed by atoms with Crippen LogP contribution in [-0.4, -0.2) is 15.5 Å². The summed E-state index contributed by atoms with van der Waals surface area (Å²) in [6.45, 7) is 2.78. The van der Waals surface area contributed by atoms with Gasteiger partial charge in [-0.3, -0.25) is 14.2 Å². The zero-order valence-corrected chi connectivity index (χ0v) is 16.4. The topological polar surface area (TPSA) is 84.0 Å². The summed E-state index contributed by atoms with van der Waals surface area (Å²) in [5, 5.41) is 3.80. The summed E-state index contributed by atoms with van der Waals surface area (Å²) in [4.78, 5) is 40.0. The summed E-state index contributed by atoms with van der Waals surface area (Å²) in [5.41, 5.74) is 0.821. The van der Waals surface area contributed by atoms with Crippen molar-refractivity contribution < 1.29 is 4.79 Å². The van der Waals surface area contributed by atoms with E-state index in [9.17, 15) is 14.4 Å². The number of nitrogens with zero attached hydrogens (tertiary/aromatic N) is 1.